The molecular formula is C24H24N2O4S. The van der Waals surface area contributed by atoms with Crippen LogP contribution in [0.5, 0.6) is 0 Å². The number of hydrogen-bond acceptors (Lipinski definition) is 4. The summed E-state index contributed by atoms with van der Waals surface area (Å²) in [6, 6.07) is 11.8. The molecule has 2 aromatic carbocycles. The highest BCUT2D eigenvalue weighted by atomic mass is 32.2. The van der Waals surface area contributed by atoms with Crippen molar-refractivity contribution < 1.29 is 18.0 Å². The predicted molar refractivity (Wildman–Crippen MR) is 124 cm³/mol. The second-order valence-electron chi connectivity index (χ2n) is 6.30. The van der Waals surface area contributed by atoms with E-state index in [-0.39, 0.29) is 21.6 Å². The minimum absolute atomic E-state index is 0.0982. The van der Waals surface area contributed by atoms with Gasteiger partial charge < -0.3 is 10.6 Å². The molecule has 160 valence electrons. The summed E-state index contributed by atoms with van der Waals surface area (Å²) in [5, 5.41) is 5.32. The zero-order chi connectivity index (χ0) is 22.7. The van der Waals surface area contributed by atoms with Crippen molar-refractivity contribution in [3.05, 3.63) is 97.1 Å². The summed E-state index contributed by atoms with van der Waals surface area (Å²) in [5.41, 5.74) is 0.969. The highest BCUT2D eigenvalue weighted by molar-refractivity contribution is 7.91. The molecule has 0 atom stereocenters. The molecular weight excluding hydrogens is 412 g/mol. The third-order valence-electron chi connectivity index (χ3n) is 3.97. The van der Waals surface area contributed by atoms with Crippen LogP contribution in [0.4, 0.5) is 11.4 Å². The quantitative estimate of drug-likeness (QED) is 0.465. The molecule has 0 heterocycles. The molecule has 2 N–H and O–H groups in total. The Morgan fingerprint density at radius 3 is 1.32 bits per heavy atom. The first-order valence-electron chi connectivity index (χ1n) is 9.52. The van der Waals surface area contributed by atoms with Crippen molar-refractivity contribution in [1.82, 2.24) is 0 Å². The number of carbonyl (C=O) groups is 2. The van der Waals surface area contributed by atoms with Gasteiger partial charge in [0, 0.05) is 23.5 Å². The molecule has 0 spiro atoms. The molecule has 6 nitrogen and oxygen atoms in total. The van der Waals surface area contributed by atoms with Crippen LogP contribution in [0.3, 0.4) is 0 Å². The molecule has 0 aliphatic carbocycles. The van der Waals surface area contributed by atoms with E-state index in [1.54, 1.807) is 36.5 Å². The molecule has 7 heteroatoms. The molecule has 2 aromatic rings. The molecule has 0 aromatic heterocycles. The summed E-state index contributed by atoms with van der Waals surface area (Å²) in [6.45, 7) is 3.68. The van der Waals surface area contributed by atoms with Crippen LogP contribution in [-0.2, 0) is 19.4 Å². The minimum atomic E-state index is -3.74. The number of rotatable bonds is 8. The second kappa shape index (κ2) is 11.5. The number of carbonyl (C=O) groups excluding carboxylic acids is 2. The Labute approximate surface area is 182 Å². The average Bonchev–Trinajstić information content (AvgIpc) is 2.75. The fourth-order valence-electron chi connectivity index (χ4n) is 2.45. The fourth-order valence-corrected chi connectivity index (χ4v) is 3.71. The molecule has 2 amide bonds. The van der Waals surface area contributed by atoms with E-state index in [4.69, 9.17) is 0 Å². The number of hydrogen-bond donors (Lipinski definition) is 2. The molecule has 0 fully saturated rings. The van der Waals surface area contributed by atoms with Gasteiger partial charge in [0.1, 0.15) is 0 Å². The average molecular weight is 437 g/mol. The first-order valence-corrected chi connectivity index (χ1v) is 11.0. The van der Waals surface area contributed by atoms with E-state index in [2.05, 4.69) is 10.6 Å². The van der Waals surface area contributed by atoms with Gasteiger partial charge in [0.05, 0.1) is 9.79 Å². The molecule has 0 saturated carbocycles. The number of amides is 2. The summed E-state index contributed by atoms with van der Waals surface area (Å²) in [5.74, 6) is -0.626. The van der Waals surface area contributed by atoms with E-state index in [1.165, 1.54) is 60.7 Å². The number of sulfone groups is 1. The van der Waals surface area contributed by atoms with Crippen molar-refractivity contribution in [3.63, 3.8) is 0 Å². The fraction of sp³-hybridized carbons (Fsp3) is 0.0833. The monoisotopic (exact) mass is 436 g/mol. The molecule has 0 bridgehead atoms. The number of anilines is 2. The third-order valence-corrected chi connectivity index (χ3v) is 5.75. The lowest BCUT2D eigenvalue weighted by molar-refractivity contribution is -0.112. The van der Waals surface area contributed by atoms with Gasteiger partial charge in [-0.2, -0.15) is 0 Å². The van der Waals surface area contributed by atoms with Crippen molar-refractivity contribution in [2.24, 2.45) is 0 Å². The smallest absolute Gasteiger partial charge is 0.248 e. The summed E-state index contributed by atoms with van der Waals surface area (Å²) in [4.78, 5) is 23.8. The Bertz CT molecular complexity index is 1040. The number of allylic oxidation sites excluding steroid dienone is 6. The van der Waals surface area contributed by atoms with Gasteiger partial charge in [-0.25, -0.2) is 8.42 Å². The highest BCUT2D eigenvalue weighted by Crippen LogP contribution is 2.23. The van der Waals surface area contributed by atoms with Gasteiger partial charge in [-0.15, -0.1) is 0 Å². The van der Waals surface area contributed by atoms with Crippen LogP contribution in [0, 0.1) is 0 Å². The van der Waals surface area contributed by atoms with Crippen LogP contribution in [-0.4, -0.2) is 20.2 Å². The van der Waals surface area contributed by atoms with Gasteiger partial charge in [-0.3, -0.25) is 9.59 Å². The molecule has 0 radical (unpaired) electrons. The zero-order valence-electron chi connectivity index (χ0n) is 17.3. The van der Waals surface area contributed by atoms with Crippen molar-refractivity contribution in [1.29, 1.82) is 0 Å². The van der Waals surface area contributed by atoms with E-state index < -0.39 is 9.84 Å². The Morgan fingerprint density at radius 2 is 1.00 bits per heavy atom. The van der Waals surface area contributed by atoms with Crippen molar-refractivity contribution >= 4 is 33.0 Å². The topological polar surface area (TPSA) is 92.3 Å². The lowest BCUT2D eigenvalue weighted by Crippen LogP contribution is -2.09. The SMILES string of the molecule is CC=CC=CC(=O)Nc1ccc(S(=O)(=O)c2ccc(NC(=O)C=CC=CC)cc2)cc1. The van der Waals surface area contributed by atoms with Gasteiger partial charge in [0.2, 0.25) is 21.7 Å². The van der Waals surface area contributed by atoms with Gasteiger partial charge in [-0.1, -0.05) is 36.5 Å². The van der Waals surface area contributed by atoms with Gasteiger partial charge in [0.15, 0.2) is 0 Å². The summed E-state index contributed by atoms with van der Waals surface area (Å²) in [6.07, 6.45) is 13.0. The van der Waals surface area contributed by atoms with Crippen LogP contribution in [0.25, 0.3) is 0 Å². The molecule has 0 saturated heterocycles. The molecule has 0 aliphatic rings. The van der Waals surface area contributed by atoms with Crippen molar-refractivity contribution in [2.45, 2.75) is 23.6 Å². The maximum Gasteiger partial charge on any atom is 0.248 e. The maximum absolute atomic E-state index is 12.8. The summed E-state index contributed by atoms with van der Waals surface area (Å²) >= 11 is 0. The van der Waals surface area contributed by atoms with Crippen LogP contribution in [0.1, 0.15) is 13.8 Å². The minimum Gasteiger partial charge on any atom is -0.323 e. The van der Waals surface area contributed by atoms with Gasteiger partial charge >= 0.3 is 0 Å². The summed E-state index contributed by atoms with van der Waals surface area (Å²) in [7, 11) is -3.74. The Balaban J connectivity index is 2.09. The third kappa shape index (κ3) is 7.24. The number of nitrogens with one attached hydrogen (secondary N) is 2. The highest BCUT2D eigenvalue weighted by Gasteiger charge is 2.17. The van der Waals surface area contributed by atoms with E-state index in [0.29, 0.717) is 11.4 Å². The Morgan fingerprint density at radius 1 is 0.645 bits per heavy atom. The number of benzene rings is 2. The van der Waals surface area contributed by atoms with Crippen molar-refractivity contribution in [3.8, 4) is 0 Å². The normalized spacial score (nSPS) is 12.2. The first kappa shape index (κ1) is 23.6. The Kier molecular flexibility index (Phi) is 8.72. The van der Waals surface area contributed by atoms with Gasteiger partial charge in [0.25, 0.3) is 0 Å². The molecule has 0 unspecified atom stereocenters. The van der Waals surface area contributed by atoms with Gasteiger partial charge in [-0.05, 0) is 62.4 Å². The second-order valence-corrected chi connectivity index (χ2v) is 8.25. The van der Waals surface area contributed by atoms with E-state index in [0.717, 1.165) is 0 Å². The van der Waals surface area contributed by atoms with Crippen LogP contribution in [0.15, 0.2) is 107 Å². The van der Waals surface area contributed by atoms with Crippen LogP contribution < -0.4 is 10.6 Å². The van der Waals surface area contributed by atoms with Crippen LogP contribution >= 0.6 is 0 Å². The van der Waals surface area contributed by atoms with Crippen molar-refractivity contribution in [2.75, 3.05) is 10.6 Å². The van der Waals surface area contributed by atoms with E-state index >= 15 is 0 Å². The Hall–Kier alpha value is -3.71. The standard InChI is InChI=1S/C24H24N2O4S/c1-3-5-7-9-23(27)25-19-11-15-21(16-12-19)31(29,30)22-17-13-20(14-18-22)26-24(28)10-8-6-4-2/h3-18H,1-2H3,(H,25,27)(H,26,28). The summed E-state index contributed by atoms with van der Waals surface area (Å²) < 4.78 is 25.7. The predicted octanol–water partition coefficient (Wildman–Crippen LogP) is 4.66. The largest absolute Gasteiger partial charge is 0.323 e. The van der Waals surface area contributed by atoms with E-state index in [9.17, 15) is 18.0 Å². The zero-order valence-corrected chi connectivity index (χ0v) is 18.1. The van der Waals surface area contributed by atoms with E-state index in [1.807, 2.05) is 13.8 Å². The molecule has 0 aliphatic heterocycles. The molecule has 2 rings (SSSR count). The lowest BCUT2D eigenvalue weighted by Gasteiger charge is -2.08. The lowest BCUT2D eigenvalue weighted by atomic mass is 10.3. The molecule has 31 heavy (non-hydrogen) atoms. The van der Waals surface area contributed by atoms with Crippen LogP contribution in [0.2, 0.25) is 0 Å². The first-order chi connectivity index (χ1) is 14.9. The maximum atomic E-state index is 12.8.